The summed E-state index contributed by atoms with van der Waals surface area (Å²) in [4.78, 5) is 16.0. The van der Waals surface area contributed by atoms with Gasteiger partial charge in [0.1, 0.15) is 0 Å². The van der Waals surface area contributed by atoms with Crippen molar-refractivity contribution in [2.75, 3.05) is 39.3 Å². The average molecular weight is 295 g/mol. The first-order valence-corrected chi connectivity index (χ1v) is 7.12. The first kappa shape index (κ1) is 15.0. The van der Waals surface area contributed by atoms with Crippen LogP contribution in [0.25, 0.3) is 6.08 Å². The molecule has 1 N–H and O–H groups in total. The molecule has 0 bridgehead atoms. The number of nitrogens with zero attached hydrogens (tertiary/aromatic N) is 2. The summed E-state index contributed by atoms with van der Waals surface area (Å²) in [6, 6.07) is 7.40. The van der Waals surface area contributed by atoms with E-state index >= 15 is 0 Å². The average Bonchev–Trinajstić information content (AvgIpc) is 2.46. The van der Waals surface area contributed by atoms with E-state index in [1.165, 1.54) is 0 Å². The lowest BCUT2D eigenvalue weighted by molar-refractivity contribution is -0.127. The van der Waals surface area contributed by atoms with Crippen molar-refractivity contribution in [1.29, 1.82) is 0 Å². The van der Waals surface area contributed by atoms with Crippen LogP contribution in [0.2, 0.25) is 5.02 Å². The van der Waals surface area contributed by atoms with Gasteiger partial charge < -0.3 is 10.0 Å². The van der Waals surface area contributed by atoms with Crippen LogP contribution in [0.1, 0.15) is 5.56 Å². The molecule has 1 aliphatic rings. The number of amides is 1. The number of benzene rings is 1. The zero-order valence-electron chi connectivity index (χ0n) is 11.3. The summed E-state index contributed by atoms with van der Waals surface area (Å²) in [5, 5.41) is 9.55. The highest BCUT2D eigenvalue weighted by atomic mass is 35.5. The Morgan fingerprint density at radius 1 is 1.30 bits per heavy atom. The molecule has 1 aromatic carbocycles. The fourth-order valence-corrected chi connectivity index (χ4v) is 2.42. The van der Waals surface area contributed by atoms with Gasteiger partial charge in [-0.2, -0.15) is 0 Å². The molecular formula is C15H19ClN2O2. The van der Waals surface area contributed by atoms with Crippen molar-refractivity contribution in [3.05, 3.63) is 40.9 Å². The zero-order chi connectivity index (χ0) is 14.4. The second kappa shape index (κ2) is 7.43. The second-order valence-electron chi connectivity index (χ2n) is 4.78. The topological polar surface area (TPSA) is 43.8 Å². The van der Waals surface area contributed by atoms with E-state index in [2.05, 4.69) is 4.90 Å². The van der Waals surface area contributed by atoms with Gasteiger partial charge in [-0.15, -0.1) is 0 Å². The monoisotopic (exact) mass is 294 g/mol. The Bertz CT molecular complexity index is 483. The molecule has 1 saturated heterocycles. The van der Waals surface area contributed by atoms with Crippen LogP contribution in [0, 0.1) is 0 Å². The normalized spacial score (nSPS) is 16.8. The third kappa shape index (κ3) is 4.34. The number of hydrogen-bond acceptors (Lipinski definition) is 3. The van der Waals surface area contributed by atoms with Gasteiger partial charge in [-0.3, -0.25) is 9.69 Å². The molecule has 2 rings (SSSR count). The van der Waals surface area contributed by atoms with E-state index in [0.717, 1.165) is 18.7 Å². The van der Waals surface area contributed by atoms with Crippen LogP contribution in [0.15, 0.2) is 30.3 Å². The molecule has 0 unspecified atom stereocenters. The number of halogens is 1. The van der Waals surface area contributed by atoms with Gasteiger partial charge in [0, 0.05) is 43.8 Å². The lowest BCUT2D eigenvalue weighted by Crippen LogP contribution is -2.48. The maximum atomic E-state index is 12.1. The Hall–Kier alpha value is -1.36. The minimum absolute atomic E-state index is 0.0219. The van der Waals surface area contributed by atoms with Crippen molar-refractivity contribution in [3.63, 3.8) is 0 Å². The Labute approximate surface area is 124 Å². The van der Waals surface area contributed by atoms with Crippen molar-refractivity contribution in [1.82, 2.24) is 9.80 Å². The van der Waals surface area contributed by atoms with E-state index in [1.807, 2.05) is 23.1 Å². The number of carbonyl (C=O) groups is 1. The minimum Gasteiger partial charge on any atom is -0.395 e. The molecule has 0 aromatic heterocycles. The molecule has 1 aromatic rings. The number of aliphatic hydroxyl groups is 1. The van der Waals surface area contributed by atoms with Gasteiger partial charge in [0.25, 0.3) is 0 Å². The Kier molecular flexibility index (Phi) is 5.59. The molecule has 0 aliphatic carbocycles. The second-order valence-corrected chi connectivity index (χ2v) is 5.22. The van der Waals surface area contributed by atoms with Crippen LogP contribution >= 0.6 is 11.6 Å². The molecule has 1 aliphatic heterocycles. The third-order valence-corrected chi connectivity index (χ3v) is 3.60. The zero-order valence-corrected chi connectivity index (χ0v) is 12.1. The number of carbonyl (C=O) groups excluding carboxylic acids is 1. The molecule has 20 heavy (non-hydrogen) atoms. The molecule has 108 valence electrons. The summed E-state index contributed by atoms with van der Waals surface area (Å²) in [7, 11) is 0. The lowest BCUT2D eigenvalue weighted by Gasteiger charge is -2.33. The first-order chi connectivity index (χ1) is 9.69. The molecule has 1 amide bonds. The molecule has 0 radical (unpaired) electrons. The molecule has 0 saturated carbocycles. The van der Waals surface area contributed by atoms with Gasteiger partial charge in [0.05, 0.1) is 6.61 Å². The van der Waals surface area contributed by atoms with E-state index in [4.69, 9.17) is 16.7 Å². The minimum atomic E-state index is 0.0219. The van der Waals surface area contributed by atoms with Gasteiger partial charge >= 0.3 is 0 Å². The first-order valence-electron chi connectivity index (χ1n) is 6.75. The standard InChI is InChI=1S/C15H19ClN2O2/c16-14-3-1-2-13(12-14)4-5-15(20)18-8-6-17(7-9-18)10-11-19/h1-5,12,19H,6-11H2/b5-4+. The van der Waals surface area contributed by atoms with Crippen molar-refractivity contribution in [3.8, 4) is 0 Å². The van der Waals surface area contributed by atoms with E-state index < -0.39 is 0 Å². The molecular weight excluding hydrogens is 276 g/mol. The molecule has 4 nitrogen and oxygen atoms in total. The molecule has 0 spiro atoms. The fraction of sp³-hybridized carbons (Fsp3) is 0.400. The highest BCUT2D eigenvalue weighted by molar-refractivity contribution is 6.30. The van der Waals surface area contributed by atoms with E-state index in [-0.39, 0.29) is 12.5 Å². The summed E-state index contributed by atoms with van der Waals surface area (Å²) in [5.41, 5.74) is 0.921. The SMILES string of the molecule is O=C(/C=C/c1cccc(Cl)c1)N1CCN(CCO)CC1. The third-order valence-electron chi connectivity index (χ3n) is 3.37. The van der Waals surface area contributed by atoms with E-state index in [1.54, 1.807) is 18.2 Å². The lowest BCUT2D eigenvalue weighted by atomic mass is 10.2. The summed E-state index contributed by atoms with van der Waals surface area (Å²) in [6.45, 7) is 3.90. The molecule has 5 heteroatoms. The number of aliphatic hydroxyl groups excluding tert-OH is 1. The molecule has 0 atom stereocenters. The van der Waals surface area contributed by atoms with Gasteiger partial charge in [0.15, 0.2) is 0 Å². The summed E-state index contributed by atoms with van der Waals surface area (Å²) < 4.78 is 0. The highest BCUT2D eigenvalue weighted by Crippen LogP contribution is 2.12. The van der Waals surface area contributed by atoms with Gasteiger partial charge in [-0.05, 0) is 23.8 Å². The predicted octanol–water partition coefficient (Wildman–Crippen LogP) is 1.49. The van der Waals surface area contributed by atoms with Crippen LogP contribution in [-0.2, 0) is 4.79 Å². The number of piperazine rings is 1. The predicted molar refractivity (Wildman–Crippen MR) is 80.6 cm³/mol. The quantitative estimate of drug-likeness (QED) is 0.856. The van der Waals surface area contributed by atoms with Crippen LogP contribution in [0.5, 0.6) is 0 Å². The smallest absolute Gasteiger partial charge is 0.246 e. The van der Waals surface area contributed by atoms with E-state index in [0.29, 0.717) is 24.7 Å². The maximum absolute atomic E-state index is 12.1. The van der Waals surface area contributed by atoms with Crippen molar-refractivity contribution < 1.29 is 9.90 Å². The summed E-state index contributed by atoms with van der Waals surface area (Å²) in [6.07, 6.45) is 3.38. The van der Waals surface area contributed by atoms with Crippen molar-refractivity contribution in [2.24, 2.45) is 0 Å². The Morgan fingerprint density at radius 3 is 2.70 bits per heavy atom. The van der Waals surface area contributed by atoms with Crippen LogP contribution in [0.3, 0.4) is 0 Å². The van der Waals surface area contributed by atoms with Gasteiger partial charge in [-0.1, -0.05) is 23.7 Å². The number of hydrogen-bond donors (Lipinski definition) is 1. The Morgan fingerprint density at radius 2 is 2.05 bits per heavy atom. The van der Waals surface area contributed by atoms with Crippen LogP contribution < -0.4 is 0 Å². The summed E-state index contributed by atoms with van der Waals surface area (Å²) in [5.74, 6) is 0.0219. The molecule has 1 heterocycles. The largest absolute Gasteiger partial charge is 0.395 e. The van der Waals surface area contributed by atoms with Crippen molar-refractivity contribution >= 4 is 23.6 Å². The highest BCUT2D eigenvalue weighted by Gasteiger charge is 2.18. The fourth-order valence-electron chi connectivity index (χ4n) is 2.22. The van der Waals surface area contributed by atoms with Crippen LogP contribution in [0.4, 0.5) is 0 Å². The number of β-amino-alcohol motifs (C(OH)–C–C–N with tert-alkyl or cyclic N) is 1. The Balaban J connectivity index is 1.86. The van der Waals surface area contributed by atoms with Gasteiger partial charge in [0.2, 0.25) is 5.91 Å². The van der Waals surface area contributed by atoms with Crippen LogP contribution in [-0.4, -0.2) is 60.1 Å². The van der Waals surface area contributed by atoms with Gasteiger partial charge in [-0.25, -0.2) is 0 Å². The van der Waals surface area contributed by atoms with E-state index in [9.17, 15) is 4.79 Å². The summed E-state index contributed by atoms with van der Waals surface area (Å²) >= 11 is 5.90. The maximum Gasteiger partial charge on any atom is 0.246 e. The van der Waals surface area contributed by atoms with Crippen molar-refractivity contribution in [2.45, 2.75) is 0 Å². The molecule has 1 fully saturated rings. The number of rotatable bonds is 4.